The fraction of sp³-hybridized carbons (Fsp3) is 0.200. The van der Waals surface area contributed by atoms with Gasteiger partial charge in [-0.1, -0.05) is 49.4 Å². The first-order valence-electron chi connectivity index (χ1n) is 8.22. The van der Waals surface area contributed by atoms with Crippen LogP contribution in [0.4, 0.5) is 4.39 Å². The topological polar surface area (TPSA) is 46.9 Å². The van der Waals surface area contributed by atoms with Crippen LogP contribution in [0, 0.1) is 5.82 Å². The SMILES string of the molecule is CC(CNC(=O)c1cnn(Cc2ccccc2)c1)c1ccc(F)cc1. The summed E-state index contributed by atoms with van der Waals surface area (Å²) in [4.78, 5) is 12.3. The molecule has 1 aromatic heterocycles. The van der Waals surface area contributed by atoms with Gasteiger partial charge in [-0.05, 0) is 29.2 Å². The fourth-order valence-corrected chi connectivity index (χ4v) is 2.59. The van der Waals surface area contributed by atoms with Gasteiger partial charge in [0.25, 0.3) is 5.91 Å². The van der Waals surface area contributed by atoms with Crippen molar-refractivity contribution in [1.82, 2.24) is 15.1 Å². The molecule has 1 heterocycles. The zero-order valence-electron chi connectivity index (χ0n) is 14.0. The van der Waals surface area contributed by atoms with Crippen molar-refractivity contribution in [2.75, 3.05) is 6.54 Å². The number of benzene rings is 2. The number of hydrogen-bond acceptors (Lipinski definition) is 2. The van der Waals surface area contributed by atoms with Gasteiger partial charge in [-0.3, -0.25) is 9.48 Å². The predicted octanol–water partition coefficient (Wildman–Crippen LogP) is 3.60. The van der Waals surface area contributed by atoms with Gasteiger partial charge in [-0.15, -0.1) is 0 Å². The Morgan fingerprint density at radius 3 is 2.60 bits per heavy atom. The zero-order valence-corrected chi connectivity index (χ0v) is 14.0. The van der Waals surface area contributed by atoms with E-state index in [1.165, 1.54) is 12.1 Å². The molecule has 1 atom stereocenters. The Hall–Kier alpha value is -2.95. The maximum absolute atomic E-state index is 13.0. The summed E-state index contributed by atoms with van der Waals surface area (Å²) in [7, 11) is 0. The number of hydrogen-bond donors (Lipinski definition) is 1. The quantitative estimate of drug-likeness (QED) is 0.747. The number of halogens is 1. The second-order valence-electron chi connectivity index (χ2n) is 6.07. The Balaban J connectivity index is 1.55. The molecule has 0 aliphatic rings. The smallest absolute Gasteiger partial charge is 0.254 e. The van der Waals surface area contributed by atoms with Gasteiger partial charge in [-0.2, -0.15) is 5.10 Å². The van der Waals surface area contributed by atoms with Gasteiger partial charge in [0, 0.05) is 12.7 Å². The monoisotopic (exact) mass is 337 g/mol. The molecule has 2 aromatic carbocycles. The van der Waals surface area contributed by atoms with Crippen LogP contribution in [-0.4, -0.2) is 22.2 Å². The van der Waals surface area contributed by atoms with Crippen molar-refractivity contribution in [2.45, 2.75) is 19.4 Å². The van der Waals surface area contributed by atoms with E-state index >= 15 is 0 Å². The number of nitrogens with zero attached hydrogens (tertiary/aromatic N) is 2. The Bertz CT molecular complexity index is 828. The normalized spacial score (nSPS) is 11.9. The minimum atomic E-state index is -0.259. The minimum Gasteiger partial charge on any atom is -0.351 e. The van der Waals surface area contributed by atoms with Gasteiger partial charge in [0.15, 0.2) is 0 Å². The number of rotatable bonds is 6. The van der Waals surface area contributed by atoms with Crippen LogP contribution >= 0.6 is 0 Å². The van der Waals surface area contributed by atoms with Crippen molar-refractivity contribution < 1.29 is 9.18 Å². The molecular formula is C20H20FN3O. The highest BCUT2D eigenvalue weighted by atomic mass is 19.1. The average Bonchev–Trinajstić information content (AvgIpc) is 3.09. The van der Waals surface area contributed by atoms with Crippen LogP contribution in [0.5, 0.6) is 0 Å². The van der Waals surface area contributed by atoms with E-state index in [2.05, 4.69) is 10.4 Å². The van der Waals surface area contributed by atoms with Gasteiger partial charge in [0.2, 0.25) is 0 Å². The molecule has 3 aromatic rings. The van der Waals surface area contributed by atoms with Gasteiger partial charge in [0.05, 0.1) is 18.3 Å². The Morgan fingerprint density at radius 2 is 1.88 bits per heavy atom. The van der Waals surface area contributed by atoms with E-state index in [0.29, 0.717) is 18.7 Å². The molecule has 3 rings (SSSR count). The summed E-state index contributed by atoms with van der Waals surface area (Å²) < 4.78 is 14.7. The summed E-state index contributed by atoms with van der Waals surface area (Å²) in [6, 6.07) is 16.3. The van der Waals surface area contributed by atoms with E-state index in [4.69, 9.17) is 0 Å². The van der Waals surface area contributed by atoms with Crippen LogP contribution in [-0.2, 0) is 6.54 Å². The molecule has 0 spiro atoms. The lowest BCUT2D eigenvalue weighted by Gasteiger charge is -2.12. The van der Waals surface area contributed by atoms with E-state index in [1.54, 1.807) is 29.2 Å². The van der Waals surface area contributed by atoms with Crippen molar-refractivity contribution in [1.29, 1.82) is 0 Å². The lowest BCUT2D eigenvalue weighted by Crippen LogP contribution is -2.27. The highest BCUT2D eigenvalue weighted by molar-refractivity contribution is 5.93. The maximum Gasteiger partial charge on any atom is 0.254 e. The maximum atomic E-state index is 13.0. The van der Waals surface area contributed by atoms with Crippen molar-refractivity contribution in [3.05, 3.63) is 89.5 Å². The van der Waals surface area contributed by atoms with Crippen molar-refractivity contribution in [2.24, 2.45) is 0 Å². The van der Waals surface area contributed by atoms with Crippen molar-refractivity contribution in [3.63, 3.8) is 0 Å². The standard InChI is InChI=1S/C20H20FN3O/c1-15(17-7-9-19(21)10-8-17)11-22-20(25)18-12-23-24(14-18)13-16-5-3-2-4-6-16/h2-10,12,14-15H,11,13H2,1H3,(H,22,25). The largest absolute Gasteiger partial charge is 0.351 e. The molecule has 0 aliphatic carbocycles. The zero-order chi connectivity index (χ0) is 17.6. The molecule has 1 N–H and O–H groups in total. The summed E-state index contributed by atoms with van der Waals surface area (Å²) in [5, 5.41) is 7.14. The van der Waals surface area contributed by atoms with Crippen molar-refractivity contribution in [3.8, 4) is 0 Å². The second kappa shape index (κ2) is 7.75. The summed E-state index contributed by atoms with van der Waals surface area (Å²) in [6.07, 6.45) is 3.31. The molecule has 0 saturated carbocycles. The molecular weight excluding hydrogens is 317 g/mol. The number of carbonyl (C=O) groups excluding carboxylic acids is 1. The predicted molar refractivity (Wildman–Crippen MR) is 94.9 cm³/mol. The van der Waals surface area contributed by atoms with E-state index in [1.807, 2.05) is 37.3 Å². The summed E-state index contributed by atoms with van der Waals surface area (Å²) in [6.45, 7) is 3.10. The number of carbonyl (C=O) groups is 1. The third-order valence-corrected chi connectivity index (χ3v) is 4.09. The van der Waals surface area contributed by atoms with Gasteiger partial charge < -0.3 is 5.32 Å². The van der Waals surface area contributed by atoms with Crippen LogP contribution < -0.4 is 5.32 Å². The molecule has 5 heteroatoms. The summed E-state index contributed by atoms with van der Waals surface area (Å²) in [5.41, 5.74) is 2.64. The first-order chi connectivity index (χ1) is 12.1. The molecule has 0 saturated heterocycles. The van der Waals surface area contributed by atoms with E-state index in [0.717, 1.165) is 11.1 Å². The van der Waals surface area contributed by atoms with E-state index in [-0.39, 0.29) is 17.6 Å². The third-order valence-electron chi connectivity index (χ3n) is 4.09. The van der Waals surface area contributed by atoms with Crippen LogP contribution in [0.1, 0.15) is 34.3 Å². The molecule has 0 bridgehead atoms. The highest BCUT2D eigenvalue weighted by Crippen LogP contribution is 2.14. The van der Waals surface area contributed by atoms with E-state index < -0.39 is 0 Å². The summed E-state index contributed by atoms with van der Waals surface area (Å²) in [5.74, 6) is -0.317. The molecule has 25 heavy (non-hydrogen) atoms. The Morgan fingerprint density at radius 1 is 1.16 bits per heavy atom. The first-order valence-corrected chi connectivity index (χ1v) is 8.22. The van der Waals surface area contributed by atoms with Crippen LogP contribution in [0.25, 0.3) is 0 Å². The summed E-state index contributed by atoms with van der Waals surface area (Å²) >= 11 is 0. The first kappa shape index (κ1) is 16.9. The highest BCUT2D eigenvalue weighted by Gasteiger charge is 2.11. The van der Waals surface area contributed by atoms with Crippen molar-refractivity contribution >= 4 is 5.91 Å². The molecule has 0 radical (unpaired) electrons. The molecule has 128 valence electrons. The molecule has 1 amide bonds. The van der Waals surface area contributed by atoms with Crippen LogP contribution in [0.3, 0.4) is 0 Å². The Labute approximate surface area is 146 Å². The van der Waals surface area contributed by atoms with Crippen LogP contribution in [0.15, 0.2) is 67.0 Å². The average molecular weight is 337 g/mol. The number of nitrogens with one attached hydrogen (secondary N) is 1. The Kier molecular flexibility index (Phi) is 5.23. The second-order valence-corrected chi connectivity index (χ2v) is 6.07. The van der Waals surface area contributed by atoms with Crippen LogP contribution in [0.2, 0.25) is 0 Å². The lowest BCUT2D eigenvalue weighted by molar-refractivity contribution is 0.0951. The molecule has 0 aliphatic heterocycles. The third kappa shape index (κ3) is 4.53. The minimum absolute atomic E-state index is 0.101. The number of aromatic nitrogens is 2. The van der Waals surface area contributed by atoms with Gasteiger partial charge >= 0.3 is 0 Å². The molecule has 1 unspecified atom stereocenters. The lowest BCUT2D eigenvalue weighted by atomic mass is 10.0. The van der Waals surface area contributed by atoms with Gasteiger partial charge in [-0.25, -0.2) is 4.39 Å². The molecule has 0 fully saturated rings. The molecule has 4 nitrogen and oxygen atoms in total. The van der Waals surface area contributed by atoms with E-state index in [9.17, 15) is 9.18 Å². The van der Waals surface area contributed by atoms with Gasteiger partial charge in [0.1, 0.15) is 5.82 Å². The fourth-order valence-electron chi connectivity index (χ4n) is 2.59. The number of amides is 1.